The van der Waals surface area contributed by atoms with Crippen LogP contribution < -0.4 is 0 Å². The standard InChI is InChI=1S/C19H17BClN5S/c1-12-7-25-8-14(6-15(21)18(25)23-12)17-10-26-9-16(24-19(26)27-17)13-2-4-20(11-22)5-3-13/h6-10,13H,2-5H2,1H3. The Hall–Kier alpha value is -2.30. The van der Waals surface area contributed by atoms with E-state index in [0.717, 1.165) is 57.9 Å². The molecular weight excluding hydrogens is 377 g/mol. The van der Waals surface area contributed by atoms with Crippen LogP contribution in [0.3, 0.4) is 0 Å². The predicted octanol–water partition coefficient (Wildman–Crippen LogP) is 5.11. The second-order valence-electron chi connectivity index (χ2n) is 7.32. The normalized spacial score (nSPS) is 15.7. The number of aryl methyl sites for hydroxylation is 1. The Morgan fingerprint density at radius 1 is 1.19 bits per heavy atom. The minimum Gasteiger partial charge on any atom is -0.305 e. The Balaban J connectivity index is 1.46. The minimum absolute atomic E-state index is 0.225. The van der Waals surface area contributed by atoms with E-state index in [9.17, 15) is 0 Å². The van der Waals surface area contributed by atoms with Gasteiger partial charge in [-0.3, -0.25) is 4.40 Å². The average Bonchev–Trinajstić information content (AvgIpc) is 3.34. The molecule has 0 N–H and O–H groups in total. The first kappa shape index (κ1) is 16.8. The minimum atomic E-state index is 0.225. The summed E-state index contributed by atoms with van der Waals surface area (Å²) < 4.78 is 4.09. The van der Waals surface area contributed by atoms with Gasteiger partial charge in [-0.15, -0.1) is 0 Å². The lowest BCUT2D eigenvalue weighted by Crippen LogP contribution is -2.18. The van der Waals surface area contributed by atoms with E-state index in [1.807, 2.05) is 23.6 Å². The van der Waals surface area contributed by atoms with Crippen molar-refractivity contribution in [3.63, 3.8) is 0 Å². The summed E-state index contributed by atoms with van der Waals surface area (Å²) >= 11 is 8.10. The highest BCUT2D eigenvalue weighted by Gasteiger charge is 2.27. The van der Waals surface area contributed by atoms with Gasteiger partial charge < -0.3 is 4.40 Å². The lowest BCUT2D eigenvalue weighted by Gasteiger charge is -2.21. The Kier molecular flexibility index (Phi) is 3.99. The molecule has 5 heterocycles. The quantitative estimate of drug-likeness (QED) is 0.445. The first-order valence-corrected chi connectivity index (χ1v) is 10.3. The molecule has 0 saturated carbocycles. The molecule has 0 spiro atoms. The van der Waals surface area contributed by atoms with Crippen LogP contribution in [-0.2, 0) is 0 Å². The molecule has 5 nitrogen and oxygen atoms in total. The molecule has 1 saturated heterocycles. The van der Waals surface area contributed by atoms with Gasteiger partial charge in [-0.05, 0) is 13.0 Å². The smallest absolute Gasteiger partial charge is 0.267 e. The van der Waals surface area contributed by atoms with Crippen molar-refractivity contribution in [1.29, 1.82) is 5.26 Å². The molecule has 0 aliphatic carbocycles. The number of imidazole rings is 2. The highest BCUT2D eigenvalue weighted by atomic mass is 35.5. The number of hydrogen-bond donors (Lipinski definition) is 0. The summed E-state index contributed by atoms with van der Waals surface area (Å²) in [6, 6.07) is 1.97. The molecule has 4 aromatic rings. The van der Waals surface area contributed by atoms with Crippen LogP contribution in [0.1, 0.15) is 30.1 Å². The third-order valence-electron chi connectivity index (χ3n) is 5.41. The number of pyridine rings is 1. The lowest BCUT2D eigenvalue weighted by atomic mass is 9.41. The van der Waals surface area contributed by atoms with E-state index < -0.39 is 0 Å². The summed E-state index contributed by atoms with van der Waals surface area (Å²) in [6.07, 6.45) is 12.4. The molecule has 0 amide bonds. The highest BCUT2D eigenvalue weighted by molar-refractivity contribution is 7.20. The summed E-state index contributed by atoms with van der Waals surface area (Å²) in [5.41, 5.74) is 3.96. The zero-order valence-corrected chi connectivity index (χ0v) is 16.5. The van der Waals surface area contributed by atoms with E-state index in [4.69, 9.17) is 21.8 Å². The zero-order chi connectivity index (χ0) is 18.5. The maximum Gasteiger partial charge on any atom is 0.267 e. The Bertz CT molecular complexity index is 1160. The highest BCUT2D eigenvalue weighted by Crippen LogP contribution is 2.36. The number of nitrogens with zero attached hydrogens (tertiary/aromatic N) is 5. The summed E-state index contributed by atoms with van der Waals surface area (Å²) in [6.45, 7) is 2.19. The topological polar surface area (TPSA) is 58.4 Å². The molecule has 0 atom stereocenters. The molecule has 5 rings (SSSR count). The number of aromatic nitrogens is 4. The average molecular weight is 394 g/mol. The van der Waals surface area contributed by atoms with Crippen LogP contribution in [-0.4, -0.2) is 25.5 Å². The predicted molar refractivity (Wildman–Crippen MR) is 110 cm³/mol. The van der Waals surface area contributed by atoms with Crippen molar-refractivity contribution < 1.29 is 0 Å². The molecule has 1 aliphatic rings. The van der Waals surface area contributed by atoms with E-state index in [0.29, 0.717) is 10.9 Å². The van der Waals surface area contributed by atoms with E-state index >= 15 is 0 Å². The van der Waals surface area contributed by atoms with Crippen molar-refractivity contribution in [2.24, 2.45) is 0 Å². The molecule has 0 unspecified atom stereocenters. The number of halogens is 1. The molecule has 0 aromatic carbocycles. The van der Waals surface area contributed by atoms with Gasteiger partial charge >= 0.3 is 0 Å². The summed E-state index contributed by atoms with van der Waals surface area (Å²) in [5, 5.41) is 9.73. The first-order valence-electron chi connectivity index (χ1n) is 9.14. The van der Waals surface area contributed by atoms with E-state index in [1.165, 1.54) is 0 Å². The van der Waals surface area contributed by atoms with Crippen molar-refractivity contribution >= 4 is 40.3 Å². The van der Waals surface area contributed by atoms with Crippen LogP contribution in [0.5, 0.6) is 0 Å². The zero-order valence-electron chi connectivity index (χ0n) is 14.9. The lowest BCUT2D eigenvalue weighted by molar-refractivity contribution is 0.598. The number of fused-ring (bicyclic) bond motifs is 2. The SMILES string of the molecule is Cc1cn2cc(-c3cn4cc(C5CCB(C#N)CC5)nc4s3)cc(Cl)c2n1. The fourth-order valence-corrected chi connectivity index (χ4v) is 5.19. The molecule has 134 valence electrons. The second-order valence-corrected chi connectivity index (χ2v) is 8.73. The Morgan fingerprint density at radius 2 is 2.00 bits per heavy atom. The van der Waals surface area contributed by atoms with Gasteiger partial charge in [0.15, 0.2) is 10.6 Å². The third-order valence-corrected chi connectivity index (χ3v) is 6.74. The molecule has 1 aliphatic heterocycles. The number of rotatable bonds is 2. The van der Waals surface area contributed by atoms with Crippen LogP contribution >= 0.6 is 22.9 Å². The number of hydrogen-bond acceptors (Lipinski definition) is 4. The van der Waals surface area contributed by atoms with E-state index in [-0.39, 0.29) is 6.71 Å². The first-order chi connectivity index (χ1) is 13.1. The molecular formula is C19H17BClN5S. The Morgan fingerprint density at radius 3 is 2.74 bits per heavy atom. The monoisotopic (exact) mass is 393 g/mol. The molecule has 1 fully saturated rings. The van der Waals surface area contributed by atoms with Crippen molar-refractivity contribution in [3.05, 3.63) is 47.3 Å². The largest absolute Gasteiger partial charge is 0.305 e. The summed E-state index contributed by atoms with van der Waals surface area (Å²) in [7, 11) is 0. The molecule has 8 heteroatoms. The van der Waals surface area contributed by atoms with Gasteiger partial charge in [-0.25, -0.2) is 15.2 Å². The van der Waals surface area contributed by atoms with Gasteiger partial charge in [0.25, 0.3) is 6.71 Å². The van der Waals surface area contributed by atoms with Crippen LogP contribution in [0.25, 0.3) is 21.0 Å². The van der Waals surface area contributed by atoms with Gasteiger partial charge in [-0.1, -0.05) is 48.4 Å². The maximum atomic E-state index is 9.07. The van der Waals surface area contributed by atoms with Crippen LogP contribution in [0.2, 0.25) is 17.7 Å². The molecule has 0 radical (unpaired) electrons. The van der Waals surface area contributed by atoms with Crippen molar-refractivity contribution in [1.82, 2.24) is 18.8 Å². The van der Waals surface area contributed by atoms with Gasteiger partial charge in [0.05, 0.1) is 21.3 Å². The third kappa shape index (κ3) is 2.93. The molecule has 0 bridgehead atoms. The van der Waals surface area contributed by atoms with Crippen molar-refractivity contribution in [2.45, 2.75) is 38.3 Å². The van der Waals surface area contributed by atoms with Gasteiger partial charge in [0, 0.05) is 42.2 Å². The van der Waals surface area contributed by atoms with E-state index in [1.54, 1.807) is 11.3 Å². The number of nitriles is 1. The van der Waals surface area contributed by atoms with Crippen molar-refractivity contribution in [2.75, 3.05) is 0 Å². The second kappa shape index (κ2) is 6.40. The van der Waals surface area contributed by atoms with Gasteiger partial charge in [-0.2, -0.15) is 0 Å². The van der Waals surface area contributed by atoms with Crippen molar-refractivity contribution in [3.8, 4) is 16.4 Å². The van der Waals surface area contributed by atoms with Crippen LogP contribution in [0.4, 0.5) is 0 Å². The fourth-order valence-electron chi connectivity index (χ4n) is 3.98. The number of thiazole rings is 1. The summed E-state index contributed by atoms with van der Waals surface area (Å²) in [5.74, 6) is 2.88. The van der Waals surface area contributed by atoms with E-state index in [2.05, 4.69) is 33.9 Å². The molecule has 4 aromatic heterocycles. The maximum absolute atomic E-state index is 9.07. The fraction of sp³-hybridized carbons (Fsp3) is 0.316. The van der Waals surface area contributed by atoms with Crippen LogP contribution in [0.15, 0.2) is 30.9 Å². The molecule has 27 heavy (non-hydrogen) atoms. The van der Waals surface area contributed by atoms with Crippen LogP contribution in [0, 0.1) is 18.2 Å². The summed E-state index contributed by atoms with van der Waals surface area (Å²) in [4.78, 5) is 11.5. The van der Waals surface area contributed by atoms with Gasteiger partial charge in [0.2, 0.25) is 0 Å². The Labute approximate surface area is 166 Å². The van der Waals surface area contributed by atoms with Gasteiger partial charge in [0.1, 0.15) is 0 Å².